The van der Waals surface area contributed by atoms with Crippen molar-refractivity contribution in [2.24, 2.45) is 0 Å². The van der Waals surface area contributed by atoms with Gasteiger partial charge in [0.15, 0.2) is 0 Å². The van der Waals surface area contributed by atoms with E-state index in [1.54, 1.807) is 20.8 Å². The van der Waals surface area contributed by atoms with Crippen LogP contribution >= 0.6 is 0 Å². The number of imide groups is 1. The molecular formula is C16H28N4O4. The second-order valence-corrected chi connectivity index (χ2v) is 7.15. The highest BCUT2D eigenvalue weighted by molar-refractivity contribution is 6.06. The van der Waals surface area contributed by atoms with E-state index in [9.17, 15) is 19.5 Å². The highest BCUT2D eigenvalue weighted by Gasteiger charge is 2.43. The van der Waals surface area contributed by atoms with E-state index in [4.69, 9.17) is 0 Å². The highest BCUT2D eigenvalue weighted by Crippen LogP contribution is 2.17. The predicted octanol–water partition coefficient (Wildman–Crippen LogP) is -0.378. The molecule has 0 aliphatic carbocycles. The molecule has 8 nitrogen and oxygen atoms in total. The average Bonchev–Trinajstić information content (AvgIpc) is 2.68. The fourth-order valence-corrected chi connectivity index (χ4v) is 3.12. The summed E-state index contributed by atoms with van der Waals surface area (Å²) in [6.07, 6.45) is 0.441. The summed E-state index contributed by atoms with van der Waals surface area (Å²) in [4.78, 5) is 41.2. The first-order chi connectivity index (χ1) is 11.2. The Morgan fingerprint density at radius 1 is 1.25 bits per heavy atom. The SMILES string of the molecule is C[C@H](O)CN1CCN(C(=O)CCCN2C(=O)NC(C)(C)C2=O)CC1. The highest BCUT2D eigenvalue weighted by atomic mass is 16.3. The van der Waals surface area contributed by atoms with E-state index in [0.29, 0.717) is 32.5 Å². The number of hydrogen-bond donors (Lipinski definition) is 2. The molecule has 0 radical (unpaired) electrons. The van der Waals surface area contributed by atoms with Crippen molar-refractivity contribution in [2.75, 3.05) is 39.3 Å². The van der Waals surface area contributed by atoms with Gasteiger partial charge in [0.05, 0.1) is 6.10 Å². The summed E-state index contributed by atoms with van der Waals surface area (Å²) in [7, 11) is 0. The summed E-state index contributed by atoms with van der Waals surface area (Å²) in [6, 6.07) is -0.385. The zero-order chi connectivity index (χ0) is 17.9. The van der Waals surface area contributed by atoms with Gasteiger partial charge in [-0.05, 0) is 27.2 Å². The predicted molar refractivity (Wildman–Crippen MR) is 88.3 cm³/mol. The van der Waals surface area contributed by atoms with Gasteiger partial charge < -0.3 is 15.3 Å². The number of nitrogens with zero attached hydrogens (tertiary/aromatic N) is 3. The Hall–Kier alpha value is -1.67. The molecule has 2 aliphatic rings. The number of rotatable bonds is 6. The number of piperazine rings is 1. The Morgan fingerprint density at radius 2 is 1.88 bits per heavy atom. The number of urea groups is 1. The molecule has 1 atom stereocenters. The molecule has 0 unspecified atom stereocenters. The van der Waals surface area contributed by atoms with Crippen LogP contribution in [-0.4, -0.2) is 88.6 Å². The third kappa shape index (κ3) is 4.45. The van der Waals surface area contributed by atoms with Gasteiger partial charge in [0, 0.05) is 45.7 Å². The van der Waals surface area contributed by atoms with Crippen molar-refractivity contribution in [3.8, 4) is 0 Å². The van der Waals surface area contributed by atoms with Crippen LogP contribution in [0, 0.1) is 0 Å². The van der Waals surface area contributed by atoms with E-state index >= 15 is 0 Å². The number of nitrogens with one attached hydrogen (secondary N) is 1. The van der Waals surface area contributed by atoms with Crippen molar-refractivity contribution in [1.29, 1.82) is 0 Å². The zero-order valence-electron chi connectivity index (χ0n) is 14.7. The van der Waals surface area contributed by atoms with Crippen LogP contribution in [0.2, 0.25) is 0 Å². The summed E-state index contributed by atoms with van der Waals surface area (Å²) >= 11 is 0. The number of aliphatic hydroxyl groups excluding tert-OH is 1. The van der Waals surface area contributed by atoms with Gasteiger partial charge in [-0.25, -0.2) is 4.79 Å². The smallest absolute Gasteiger partial charge is 0.325 e. The molecule has 24 heavy (non-hydrogen) atoms. The number of carbonyl (C=O) groups excluding carboxylic acids is 3. The summed E-state index contributed by atoms with van der Waals surface area (Å²) in [5.41, 5.74) is -0.860. The standard InChI is InChI=1S/C16H28N4O4/c1-12(21)11-18-7-9-19(10-8-18)13(22)5-4-6-20-14(23)16(2,3)17-15(20)24/h12,21H,4-11H2,1-3H3,(H,17,24)/t12-/m0/s1. The first-order valence-electron chi connectivity index (χ1n) is 8.53. The molecule has 136 valence electrons. The third-order valence-corrected chi connectivity index (χ3v) is 4.46. The van der Waals surface area contributed by atoms with Gasteiger partial charge in [0.2, 0.25) is 5.91 Å². The quantitative estimate of drug-likeness (QED) is 0.643. The first kappa shape index (κ1) is 18.7. The molecule has 0 aromatic carbocycles. The second kappa shape index (κ2) is 7.48. The molecule has 8 heteroatoms. The number of aliphatic hydroxyl groups is 1. The topological polar surface area (TPSA) is 93.2 Å². The summed E-state index contributed by atoms with van der Waals surface area (Å²) in [6.45, 7) is 8.83. The van der Waals surface area contributed by atoms with Crippen LogP contribution in [0.3, 0.4) is 0 Å². The van der Waals surface area contributed by atoms with Gasteiger partial charge in [0.1, 0.15) is 5.54 Å². The van der Waals surface area contributed by atoms with Crippen LogP contribution in [0.15, 0.2) is 0 Å². The number of hydrogen-bond acceptors (Lipinski definition) is 5. The van der Waals surface area contributed by atoms with Crippen LogP contribution in [-0.2, 0) is 9.59 Å². The van der Waals surface area contributed by atoms with Gasteiger partial charge in [-0.15, -0.1) is 0 Å². The van der Waals surface area contributed by atoms with E-state index in [0.717, 1.165) is 13.1 Å². The van der Waals surface area contributed by atoms with Crippen LogP contribution in [0.1, 0.15) is 33.6 Å². The molecule has 0 aromatic heterocycles. The first-order valence-corrected chi connectivity index (χ1v) is 8.53. The molecule has 2 aliphatic heterocycles. The molecule has 4 amide bonds. The van der Waals surface area contributed by atoms with Gasteiger partial charge in [-0.1, -0.05) is 0 Å². The molecule has 0 bridgehead atoms. The van der Waals surface area contributed by atoms with Crippen molar-refractivity contribution >= 4 is 17.8 Å². The van der Waals surface area contributed by atoms with E-state index in [1.165, 1.54) is 4.90 Å². The van der Waals surface area contributed by atoms with Crippen molar-refractivity contribution in [2.45, 2.75) is 45.3 Å². The Bertz CT molecular complexity index is 498. The Morgan fingerprint density at radius 3 is 2.38 bits per heavy atom. The maximum absolute atomic E-state index is 12.2. The van der Waals surface area contributed by atoms with Crippen molar-refractivity contribution in [3.63, 3.8) is 0 Å². The largest absolute Gasteiger partial charge is 0.392 e. The Balaban J connectivity index is 1.71. The minimum atomic E-state index is -0.860. The normalized spacial score (nSPS) is 22.7. The number of β-amino-alcohol motifs (C(OH)–C–C–N with tert-alkyl or cyclic N) is 1. The molecule has 2 rings (SSSR count). The molecule has 0 spiro atoms. The maximum atomic E-state index is 12.2. The lowest BCUT2D eigenvalue weighted by Gasteiger charge is -2.35. The van der Waals surface area contributed by atoms with Crippen LogP contribution in [0.25, 0.3) is 0 Å². The monoisotopic (exact) mass is 340 g/mol. The lowest BCUT2D eigenvalue weighted by Crippen LogP contribution is -2.50. The van der Waals surface area contributed by atoms with E-state index < -0.39 is 5.54 Å². The Labute approximate surface area is 142 Å². The van der Waals surface area contributed by atoms with Gasteiger partial charge in [-0.2, -0.15) is 0 Å². The molecular weight excluding hydrogens is 312 g/mol. The van der Waals surface area contributed by atoms with E-state index in [1.807, 2.05) is 4.90 Å². The van der Waals surface area contributed by atoms with Crippen molar-refractivity contribution in [3.05, 3.63) is 0 Å². The van der Waals surface area contributed by atoms with Crippen molar-refractivity contribution < 1.29 is 19.5 Å². The average molecular weight is 340 g/mol. The minimum absolute atomic E-state index is 0.0537. The van der Waals surface area contributed by atoms with E-state index in [-0.39, 0.29) is 30.5 Å². The summed E-state index contributed by atoms with van der Waals surface area (Å²) in [5, 5.41) is 12.0. The zero-order valence-corrected chi connectivity index (χ0v) is 14.7. The lowest BCUT2D eigenvalue weighted by molar-refractivity contribution is -0.134. The van der Waals surface area contributed by atoms with Gasteiger partial charge in [-0.3, -0.25) is 19.4 Å². The number of carbonyl (C=O) groups is 3. The van der Waals surface area contributed by atoms with E-state index in [2.05, 4.69) is 10.2 Å². The van der Waals surface area contributed by atoms with Crippen LogP contribution in [0.5, 0.6) is 0 Å². The molecule has 2 N–H and O–H groups in total. The Kier molecular flexibility index (Phi) is 5.82. The third-order valence-electron chi connectivity index (χ3n) is 4.46. The summed E-state index contributed by atoms with van der Waals surface area (Å²) in [5.74, 6) is -0.190. The molecule has 0 saturated carbocycles. The molecule has 2 saturated heterocycles. The van der Waals surface area contributed by atoms with Crippen LogP contribution < -0.4 is 5.32 Å². The fraction of sp³-hybridized carbons (Fsp3) is 0.812. The molecule has 0 aromatic rings. The van der Waals surface area contributed by atoms with Gasteiger partial charge >= 0.3 is 6.03 Å². The maximum Gasteiger partial charge on any atom is 0.325 e. The fourth-order valence-electron chi connectivity index (χ4n) is 3.12. The lowest BCUT2D eigenvalue weighted by atomic mass is 10.1. The molecule has 2 heterocycles. The summed E-state index contributed by atoms with van der Waals surface area (Å²) < 4.78 is 0. The van der Waals surface area contributed by atoms with Crippen molar-refractivity contribution in [1.82, 2.24) is 20.0 Å². The molecule has 2 fully saturated rings. The van der Waals surface area contributed by atoms with Crippen LogP contribution in [0.4, 0.5) is 4.79 Å². The number of amides is 4. The minimum Gasteiger partial charge on any atom is -0.392 e. The second-order valence-electron chi connectivity index (χ2n) is 7.15. The van der Waals surface area contributed by atoms with Gasteiger partial charge in [0.25, 0.3) is 5.91 Å².